The Morgan fingerprint density at radius 1 is 1.10 bits per heavy atom. The standard InChI is InChI=1S/C23H22N4O3S/c1-13-9-20(25-21(28)14-5-8-17-18(10-14)30-12-29-17)27(26-13)22-24-16-7-6-15(23(2,3)4)11-19(16)31-22/h5-11H,12H2,1-4H3,(H,25,28). The summed E-state index contributed by atoms with van der Waals surface area (Å²) in [4.78, 5) is 17.6. The van der Waals surface area contributed by atoms with Crippen molar-refractivity contribution in [3.05, 3.63) is 59.3 Å². The molecule has 0 aliphatic carbocycles. The minimum absolute atomic E-state index is 0.0599. The van der Waals surface area contributed by atoms with Crippen LogP contribution in [0.4, 0.5) is 5.82 Å². The van der Waals surface area contributed by atoms with Crippen molar-refractivity contribution in [2.75, 3.05) is 12.1 Å². The van der Waals surface area contributed by atoms with Crippen LogP contribution in [-0.2, 0) is 5.41 Å². The van der Waals surface area contributed by atoms with E-state index in [-0.39, 0.29) is 18.1 Å². The fourth-order valence-electron chi connectivity index (χ4n) is 3.43. The molecule has 0 atom stereocenters. The van der Waals surface area contributed by atoms with Gasteiger partial charge < -0.3 is 14.8 Å². The van der Waals surface area contributed by atoms with Gasteiger partial charge in [0.1, 0.15) is 5.82 Å². The topological polar surface area (TPSA) is 78.3 Å². The predicted molar refractivity (Wildman–Crippen MR) is 121 cm³/mol. The maximum absolute atomic E-state index is 12.9. The minimum Gasteiger partial charge on any atom is -0.454 e. The van der Waals surface area contributed by atoms with E-state index < -0.39 is 0 Å². The van der Waals surface area contributed by atoms with Crippen molar-refractivity contribution in [1.29, 1.82) is 0 Å². The van der Waals surface area contributed by atoms with Crippen LogP contribution in [0.5, 0.6) is 11.5 Å². The summed E-state index contributed by atoms with van der Waals surface area (Å²) in [6, 6.07) is 13.3. The largest absolute Gasteiger partial charge is 0.454 e. The van der Waals surface area contributed by atoms with Crippen molar-refractivity contribution in [3.63, 3.8) is 0 Å². The number of aromatic nitrogens is 3. The number of rotatable bonds is 3. The average molecular weight is 435 g/mol. The van der Waals surface area contributed by atoms with Crippen LogP contribution in [0.15, 0.2) is 42.5 Å². The number of anilines is 1. The van der Waals surface area contributed by atoms with Crippen LogP contribution in [0.1, 0.15) is 42.4 Å². The number of hydrogen-bond donors (Lipinski definition) is 1. The van der Waals surface area contributed by atoms with Gasteiger partial charge in [-0.05, 0) is 48.2 Å². The Balaban J connectivity index is 1.47. The predicted octanol–water partition coefficient (Wildman–Crippen LogP) is 5.07. The fourth-order valence-corrected chi connectivity index (χ4v) is 4.40. The molecule has 0 spiro atoms. The molecule has 1 aliphatic rings. The van der Waals surface area contributed by atoms with Crippen LogP contribution < -0.4 is 14.8 Å². The zero-order chi connectivity index (χ0) is 21.8. The van der Waals surface area contributed by atoms with E-state index in [4.69, 9.17) is 14.5 Å². The minimum atomic E-state index is -0.254. The molecule has 1 N–H and O–H groups in total. The molecule has 0 saturated carbocycles. The summed E-state index contributed by atoms with van der Waals surface area (Å²) in [7, 11) is 0. The molecule has 3 heterocycles. The van der Waals surface area contributed by atoms with Crippen LogP contribution >= 0.6 is 11.3 Å². The number of benzene rings is 2. The Hall–Kier alpha value is -3.39. The van der Waals surface area contributed by atoms with Crippen molar-refractivity contribution in [2.45, 2.75) is 33.1 Å². The number of fused-ring (bicyclic) bond motifs is 2. The van der Waals surface area contributed by atoms with Crippen molar-refractivity contribution in [1.82, 2.24) is 14.8 Å². The van der Waals surface area contributed by atoms with Gasteiger partial charge in [-0.3, -0.25) is 4.79 Å². The Bertz CT molecular complexity index is 1320. The van der Waals surface area contributed by atoms with E-state index in [0.717, 1.165) is 15.9 Å². The van der Waals surface area contributed by atoms with Gasteiger partial charge in [-0.1, -0.05) is 38.2 Å². The lowest BCUT2D eigenvalue weighted by Crippen LogP contribution is -2.15. The van der Waals surface area contributed by atoms with Gasteiger partial charge in [-0.2, -0.15) is 9.78 Å². The summed E-state index contributed by atoms with van der Waals surface area (Å²) in [5, 5.41) is 8.21. The Morgan fingerprint density at radius 2 is 1.90 bits per heavy atom. The smallest absolute Gasteiger partial charge is 0.256 e. The molecule has 0 saturated heterocycles. The Kier molecular flexibility index (Phi) is 4.48. The quantitative estimate of drug-likeness (QED) is 0.487. The number of amides is 1. The monoisotopic (exact) mass is 434 g/mol. The number of carbonyl (C=O) groups is 1. The van der Waals surface area contributed by atoms with E-state index in [0.29, 0.717) is 28.0 Å². The Labute approximate surface area is 183 Å². The lowest BCUT2D eigenvalue weighted by Gasteiger charge is -2.18. The average Bonchev–Trinajstić information content (AvgIpc) is 3.43. The van der Waals surface area contributed by atoms with E-state index in [9.17, 15) is 4.79 Å². The number of carbonyl (C=O) groups excluding carboxylic acids is 1. The van der Waals surface area contributed by atoms with Crippen molar-refractivity contribution in [2.24, 2.45) is 0 Å². The van der Waals surface area contributed by atoms with E-state index in [2.05, 4.69) is 43.3 Å². The molecule has 5 rings (SSSR count). The van der Waals surface area contributed by atoms with Gasteiger partial charge in [-0.15, -0.1) is 0 Å². The van der Waals surface area contributed by atoms with Crippen LogP contribution in [0, 0.1) is 6.92 Å². The van der Waals surface area contributed by atoms with E-state index in [1.54, 1.807) is 34.2 Å². The normalized spacial score (nSPS) is 13.0. The summed E-state index contributed by atoms with van der Waals surface area (Å²) < 4.78 is 13.5. The first-order valence-corrected chi connectivity index (χ1v) is 10.8. The van der Waals surface area contributed by atoms with E-state index >= 15 is 0 Å². The third-order valence-electron chi connectivity index (χ3n) is 5.13. The van der Waals surface area contributed by atoms with Gasteiger partial charge in [0.2, 0.25) is 11.9 Å². The second kappa shape index (κ2) is 7.09. The molecule has 0 unspecified atom stereocenters. The summed E-state index contributed by atoms with van der Waals surface area (Å²) >= 11 is 1.55. The Morgan fingerprint density at radius 3 is 2.71 bits per heavy atom. The molecule has 2 aromatic carbocycles. The first-order chi connectivity index (χ1) is 14.8. The van der Waals surface area contributed by atoms with Crippen molar-refractivity contribution in [3.8, 4) is 16.6 Å². The second-order valence-electron chi connectivity index (χ2n) is 8.53. The summed E-state index contributed by atoms with van der Waals surface area (Å²) in [6.45, 7) is 8.63. The lowest BCUT2D eigenvalue weighted by atomic mass is 9.87. The van der Waals surface area contributed by atoms with Crippen molar-refractivity contribution >= 4 is 33.3 Å². The molecule has 0 fully saturated rings. The van der Waals surface area contributed by atoms with Gasteiger partial charge in [0, 0.05) is 11.6 Å². The molecule has 158 valence electrons. The van der Waals surface area contributed by atoms with Crippen LogP contribution in [-0.4, -0.2) is 27.5 Å². The lowest BCUT2D eigenvalue weighted by molar-refractivity contribution is 0.102. The molecule has 1 aliphatic heterocycles. The van der Waals surface area contributed by atoms with Gasteiger partial charge >= 0.3 is 0 Å². The first kappa shape index (κ1) is 19.6. The highest BCUT2D eigenvalue weighted by atomic mass is 32.1. The maximum Gasteiger partial charge on any atom is 0.256 e. The number of nitrogens with one attached hydrogen (secondary N) is 1. The second-order valence-corrected chi connectivity index (χ2v) is 9.54. The number of thiazole rings is 1. The fraction of sp³-hybridized carbons (Fsp3) is 0.261. The van der Waals surface area contributed by atoms with Crippen LogP contribution in [0.25, 0.3) is 15.3 Å². The molecule has 8 heteroatoms. The molecule has 31 heavy (non-hydrogen) atoms. The summed E-state index contributed by atoms with van der Waals surface area (Å²) in [5.74, 6) is 1.52. The van der Waals surface area contributed by atoms with E-state index in [1.807, 2.05) is 19.1 Å². The molecule has 0 radical (unpaired) electrons. The zero-order valence-corrected chi connectivity index (χ0v) is 18.5. The number of hydrogen-bond acceptors (Lipinski definition) is 6. The highest BCUT2D eigenvalue weighted by Gasteiger charge is 2.20. The third-order valence-corrected chi connectivity index (χ3v) is 6.13. The molecule has 1 amide bonds. The molecule has 0 bridgehead atoms. The SMILES string of the molecule is Cc1cc(NC(=O)c2ccc3c(c2)OCO3)n(-c2nc3ccc(C(C)(C)C)cc3s2)n1. The highest BCUT2D eigenvalue weighted by Crippen LogP contribution is 2.34. The van der Waals surface area contributed by atoms with Crippen LogP contribution in [0.3, 0.4) is 0 Å². The molecular weight excluding hydrogens is 412 g/mol. The number of ether oxygens (including phenoxy) is 2. The highest BCUT2D eigenvalue weighted by molar-refractivity contribution is 7.20. The molecule has 2 aromatic heterocycles. The zero-order valence-electron chi connectivity index (χ0n) is 17.7. The van der Waals surface area contributed by atoms with E-state index in [1.165, 1.54) is 5.56 Å². The van der Waals surface area contributed by atoms with Gasteiger partial charge in [0.05, 0.1) is 15.9 Å². The van der Waals surface area contributed by atoms with Crippen molar-refractivity contribution < 1.29 is 14.3 Å². The molecule has 7 nitrogen and oxygen atoms in total. The summed E-state index contributed by atoms with van der Waals surface area (Å²) in [6.07, 6.45) is 0. The number of aryl methyl sites for hydroxylation is 1. The van der Waals surface area contributed by atoms with Gasteiger partial charge in [-0.25, -0.2) is 4.98 Å². The number of nitrogens with zero attached hydrogens (tertiary/aromatic N) is 3. The maximum atomic E-state index is 12.9. The van der Waals surface area contributed by atoms with Gasteiger partial charge in [0.25, 0.3) is 5.91 Å². The van der Waals surface area contributed by atoms with Crippen LogP contribution in [0.2, 0.25) is 0 Å². The summed E-state index contributed by atoms with van der Waals surface area (Å²) in [5.41, 5.74) is 3.49. The molecular formula is C23H22N4O3S. The molecule has 4 aromatic rings. The van der Waals surface area contributed by atoms with Gasteiger partial charge in [0.15, 0.2) is 11.5 Å². The third kappa shape index (κ3) is 3.63. The first-order valence-electron chi connectivity index (χ1n) is 9.97.